The van der Waals surface area contributed by atoms with Gasteiger partial charge >= 0.3 is 0 Å². The predicted molar refractivity (Wildman–Crippen MR) is 118 cm³/mol. The summed E-state index contributed by atoms with van der Waals surface area (Å²) in [4.78, 5) is 42.0. The number of carbonyl (C=O) groups is 2. The SMILES string of the molecule is COc1ccc(N2CC(C(=O)N3C[C@@H]4C[C@H](C3)c3cccc(=O)n3C4)CC2=O)c(OC)c1. The summed E-state index contributed by atoms with van der Waals surface area (Å²) in [5.41, 5.74) is 1.69. The van der Waals surface area contributed by atoms with E-state index in [1.54, 1.807) is 49.5 Å². The number of rotatable bonds is 4. The van der Waals surface area contributed by atoms with Crippen LogP contribution in [0.5, 0.6) is 11.5 Å². The number of piperidine rings is 1. The van der Waals surface area contributed by atoms with Gasteiger partial charge in [0.05, 0.1) is 25.8 Å². The fourth-order valence-electron chi connectivity index (χ4n) is 5.45. The van der Waals surface area contributed by atoms with Crippen molar-refractivity contribution in [3.8, 4) is 11.5 Å². The first-order valence-electron chi connectivity index (χ1n) is 11.0. The van der Waals surface area contributed by atoms with E-state index in [4.69, 9.17) is 9.47 Å². The lowest BCUT2D eigenvalue weighted by molar-refractivity contribution is -0.138. The molecule has 1 unspecified atom stereocenters. The molecule has 2 amide bonds. The number of carbonyl (C=O) groups excluding carboxylic acids is 2. The average molecular weight is 437 g/mol. The Hall–Kier alpha value is -3.29. The third-order valence-electron chi connectivity index (χ3n) is 6.94. The molecule has 8 heteroatoms. The molecule has 3 aliphatic rings. The molecule has 32 heavy (non-hydrogen) atoms. The molecule has 5 rings (SSSR count). The smallest absolute Gasteiger partial charge is 0.250 e. The number of pyridine rings is 1. The number of nitrogens with zero attached hydrogens (tertiary/aromatic N) is 3. The number of aromatic nitrogens is 1. The molecule has 2 fully saturated rings. The van der Waals surface area contributed by atoms with Crippen LogP contribution in [0.25, 0.3) is 0 Å². The molecule has 2 saturated heterocycles. The molecule has 2 bridgehead atoms. The zero-order valence-electron chi connectivity index (χ0n) is 18.3. The van der Waals surface area contributed by atoms with Gasteiger partial charge in [0.2, 0.25) is 11.8 Å². The highest BCUT2D eigenvalue weighted by molar-refractivity contribution is 6.01. The summed E-state index contributed by atoms with van der Waals surface area (Å²) in [5.74, 6) is 1.17. The van der Waals surface area contributed by atoms with Crippen LogP contribution in [-0.2, 0) is 16.1 Å². The molecule has 1 aromatic heterocycles. The molecule has 3 atom stereocenters. The van der Waals surface area contributed by atoms with Crippen LogP contribution < -0.4 is 19.9 Å². The maximum atomic E-state index is 13.4. The van der Waals surface area contributed by atoms with Gasteiger partial charge in [0.15, 0.2) is 0 Å². The molecule has 4 heterocycles. The third-order valence-corrected chi connectivity index (χ3v) is 6.94. The van der Waals surface area contributed by atoms with E-state index < -0.39 is 0 Å². The Morgan fingerprint density at radius 3 is 2.62 bits per heavy atom. The molecule has 2 aromatic rings. The molecule has 0 radical (unpaired) electrons. The van der Waals surface area contributed by atoms with E-state index in [0.29, 0.717) is 43.4 Å². The number of fused-ring (bicyclic) bond motifs is 4. The first-order chi connectivity index (χ1) is 15.5. The summed E-state index contributed by atoms with van der Waals surface area (Å²) in [6.07, 6.45) is 1.18. The highest BCUT2D eigenvalue weighted by atomic mass is 16.5. The number of methoxy groups -OCH3 is 2. The minimum Gasteiger partial charge on any atom is -0.497 e. The molecule has 3 aliphatic heterocycles. The van der Waals surface area contributed by atoms with Gasteiger partial charge in [-0.2, -0.15) is 0 Å². The summed E-state index contributed by atoms with van der Waals surface area (Å²) < 4.78 is 12.6. The molecule has 168 valence electrons. The van der Waals surface area contributed by atoms with Crippen molar-refractivity contribution in [2.75, 3.05) is 38.8 Å². The van der Waals surface area contributed by atoms with Gasteiger partial charge in [-0.3, -0.25) is 14.4 Å². The lowest BCUT2D eigenvalue weighted by Gasteiger charge is -2.43. The zero-order chi connectivity index (χ0) is 22.4. The lowest BCUT2D eigenvalue weighted by atomic mass is 9.82. The van der Waals surface area contributed by atoms with Crippen molar-refractivity contribution < 1.29 is 19.1 Å². The highest BCUT2D eigenvalue weighted by Crippen LogP contribution is 2.38. The Balaban J connectivity index is 1.33. The summed E-state index contributed by atoms with van der Waals surface area (Å²) in [5, 5.41) is 0. The van der Waals surface area contributed by atoms with Gasteiger partial charge in [0.25, 0.3) is 5.56 Å². The second-order valence-electron chi connectivity index (χ2n) is 8.88. The Morgan fingerprint density at radius 2 is 1.84 bits per heavy atom. The Bertz CT molecular complexity index is 1130. The van der Waals surface area contributed by atoms with Crippen LogP contribution >= 0.6 is 0 Å². The number of hydrogen-bond acceptors (Lipinski definition) is 5. The average Bonchev–Trinajstić information content (AvgIpc) is 3.20. The molecule has 0 N–H and O–H groups in total. The van der Waals surface area contributed by atoms with Crippen molar-refractivity contribution in [3.63, 3.8) is 0 Å². The van der Waals surface area contributed by atoms with Crippen molar-refractivity contribution in [2.24, 2.45) is 11.8 Å². The quantitative estimate of drug-likeness (QED) is 0.730. The Morgan fingerprint density at radius 1 is 1.00 bits per heavy atom. The molecule has 8 nitrogen and oxygen atoms in total. The number of likely N-dealkylation sites (tertiary alicyclic amines) is 1. The number of ether oxygens (including phenoxy) is 2. The van der Waals surface area contributed by atoms with Crippen molar-refractivity contribution in [3.05, 3.63) is 52.4 Å². The van der Waals surface area contributed by atoms with Gasteiger partial charge in [-0.25, -0.2) is 0 Å². The fraction of sp³-hybridized carbons (Fsp3) is 0.458. The van der Waals surface area contributed by atoms with Crippen LogP contribution in [-0.4, -0.2) is 55.1 Å². The third kappa shape index (κ3) is 3.43. The summed E-state index contributed by atoms with van der Waals surface area (Å²) in [7, 11) is 3.13. The zero-order valence-corrected chi connectivity index (χ0v) is 18.3. The fourth-order valence-corrected chi connectivity index (χ4v) is 5.45. The van der Waals surface area contributed by atoms with E-state index in [1.165, 1.54) is 0 Å². The van der Waals surface area contributed by atoms with Gasteiger partial charge in [-0.15, -0.1) is 0 Å². The standard InChI is InChI=1S/C24H27N3O5/c1-31-18-6-7-20(21(10-18)32-2)27-14-17(9-23(27)29)24(30)25-11-15-8-16(13-25)19-4-3-5-22(28)26(19)12-15/h3-7,10,15-17H,8-9,11-14H2,1-2H3/t15-,16+,17?/m0/s1. The van der Waals surface area contributed by atoms with Gasteiger partial charge in [-0.1, -0.05) is 6.07 Å². The van der Waals surface area contributed by atoms with Gasteiger partial charge in [-0.05, 0) is 30.5 Å². The van der Waals surface area contributed by atoms with E-state index in [0.717, 1.165) is 12.1 Å². The first-order valence-corrected chi connectivity index (χ1v) is 11.0. The van der Waals surface area contributed by atoms with E-state index in [2.05, 4.69) is 0 Å². The van der Waals surface area contributed by atoms with E-state index in [1.807, 2.05) is 15.5 Å². The molecule has 0 aliphatic carbocycles. The topological polar surface area (TPSA) is 81.1 Å². The second kappa shape index (κ2) is 8.00. The maximum Gasteiger partial charge on any atom is 0.250 e. The molecular weight excluding hydrogens is 410 g/mol. The summed E-state index contributed by atoms with van der Waals surface area (Å²) >= 11 is 0. The first kappa shape index (κ1) is 20.6. The normalized spacial score (nSPS) is 24.3. The van der Waals surface area contributed by atoms with Crippen LogP contribution in [0, 0.1) is 11.8 Å². The van der Waals surface area contributed by atoms with Crippen LogP contribution in [0.1, 0.15) is 24.5 Å². The molecule has 0 saturated carbocycles. The number of anilines is 1. The maximum absolute atomic E-state index is 13.4. The monoisotopic (exact) mass is 437 g/mol. The van der Waals surface area contributed by atoms with Crippen molar-refractivity contribution in [2.45, 2.75) is 25.3 Å². The number of amides is 2. The van der Waals surface area contributed by atoms with Crippen molar-refractivity contribution in [1.29, 1.82) is 0 Å². The second-order valence-corrected chi connectivity index (χ2v) is 8.88. The van der Waals surface area contributed by atoms with Gasteiger partial charge < -0.3 is 23.8 Å². The van der Waals surface area contributed by atoms with Crippen molar-refractivity contribution in [1.82, 2.24) is 9.47 Å². The van der Waals surface area contributed by atoms with Gasteiger partial charge in [0.1, 0.15) is 11.5 Å². The summed E-state index contributed by atoms with van der Waals surface area (Å²) in [6.45, 7) is 2.21. The largest absolute Gasteiger partial charge is 0.497 e. The highest BCUT2D eigenvalue weighted by Gasteiger charge is 2.42. The number of benzene rings is 1. The van der Waals surface area contributed by atoms with Crippen LogP contribution in [0.2, 0.25) is 0 Å². The molecule has 1 aromatic carbocycles. The van der Waals surface area contributed by atoms with Crippen LogP contribution in [0.15, 0.2) is 41.2 Å². The Labute approximate surface area is 186 Å². The van der Waals surface area contributed by atoms with Gasteiger partial charge in [0, 0.05) is 56.3 Å². The predicted octanol–water partition coefficient (Wildman–Crippen LogP) is 1.86. The van der Waals surface area contributed by atoms with E-state index in [-0.39, 0.29) is 41.5 Å². The minimum absolute atomic E-state index is 0.0229. The van der Waals surface area contributed by atoms with E-state index in [9.17, 15) is 14.4 Å². The van der Waals surface area contributed by atoms with Crippen LogP contribution in [0.3, 0.4) is 0 Å². The molecular formula is C24H27N3O5. The number of hydrogen-bond donors (Lipinski definition) is 0. The van der Waals surface area contributed by atoms with Crippen LogP contribution in [0.4, 0.5) is 5.69 Å². The minimum atomic E-state index is -0.383. The summed E-state index contributed by atoms with van der Waals surface area (Å²) in [6, 6.07) is 10.7. The van der Waals surface area contributed by atoms with Crippen molar-refractivity contribution >= 4 is 17.5 Å². The Kier molecular flexibility index (Phi) is 5.15. The molecule has 0 spiro atoms. The van der Waals surface area contributed by atoms with E-state index >= 15 is 0 Å². The lowest BCUT2D eigenvalue weighted by Crippen LogP contribution is -2.50.